The lowest BCUT2D eigenvalue weighted by molar-refractivity contribution is 0.101. The molecule has 0 saturated heterocycles. The minimum atomic E-state index is 0.0321. The first-order valence-corrected chi connectivity index (χ1v) is 6.11. The van der Waals surface area contributed by atoms with E-state index in [1.54, 1.807) is 25.4 Å². The van der Waals surface area contributed by atoms with Crippen LogP contribution in [-0.2, 0) is 0 Å². The Morgan fingerprint density at radius 2 is 1.78 bits per heavy atom. The Hall–Kier alpha value is -1.67. The molecule has 92 valence electrons. The molecule has 1 aromatic heterocycles. The summed E-state index contributed by atoms with van der Waals surface area (Å²) in [5, 5.41) is 0.623. The molecule has 1 heterocycles. The van der Waals surface area contributed by atoms with E-state index in [0.29, 0.717) is 10.6 Å². The molecule has 18 heavy (non-hydrogen) atoms. The van der Waals surface area contributed by atoms with E-state index in [-0.39, 0.29) is 5.78 Å². The molecule has 2 aromatic rings. The number of benzene rings is 1. The summed E-state index contributed by atoms with van der Waals surface area (Å²) in [6.07, 6.45) is 3.48. The molecule has 2 nitrogen and oxygen atoms in total. The Kier molecular flexibility index (Phi) is 3.48. The van der Waals surface area contributed by atoms with Gasteiger partial charge in [0.15, 0.2) is 5.78 Å². The van der Waals surface area contributed by atoms with Crippen molar-refractivity contribution in [2.45, 2.75) is 20.8 Å². The number of Topliss-reactive ketones (excluding diaryl/α,β-unsaturated/α-hetero) is 1. The van der Waals surface area contributed by atoms with Crippen molar-refractivity contribution in [1.82, 2.24) is 4.98 Å². The van der Waals surface area contributed by atoms with Crippen molar-refractivity contribution in [2.24, 2.45) is 0 Å². The minimum Gasteiger partial charge on any atom is -0.294 e. The highest BCUT2D eigenvalue weighted by atomic mass is 35.5. The third kappa shape index (κ3) is 2.16. The first-order chi connectivity index (χ1) is 8.52. The molecule has 0 N–H and O–H groups in total. The highest BCUT2D eigenvalue weighted by molar-refractivity contribution is 6.32. The van der Waals surface area contributed by atoms with E-state index >= 15 is 0 Å². The molecule has 0 atom stereocenters. The zero-order chi connectivity index (χ0) is 13.3. The van der Waals surface area contributed by atoms with Crippen LogP contribution < -0.4 is 0 Å². The topological polar surface area (TPSA) is 30.0 Å². The molecule has 3 heteroatoms. The fourth-order valence-electron chi connectivity index (χ4n) is 2.20. The van der Waals surface area contributed by atoms with E-state index in [1.165, 1.54) is 0 Å². The van der Waals surface area contributed by atoms with Gasteiger partial charge in [-0.25, -0.2) is 0 Å². The van der Waals surface area contributed by atoms with Crippen LogP contribution >= 0.6 is 11.6 Å². The number of aromatic nitrogens is 1. The number of rotatable bonds is 2. The predicted molar refractivity (Wildman–Crippen MR) is 74.2 cm³/mol. The van der Waals surface area contributed by atoms with E-state index < -0.39 is 0 Å². The standard InChI is InChI=1S/C15H14ClNO/c1-9-13(11(3)18)8-14(16)10(2)15(9)12-4-6-17-7-5-12/h4-8H,1-3H3. The SMILES string of the molecule is CC(=O)c1cc(Cl)c(C)c(-c2ccncc2)c1C. The van der Waals surface area contributed by atoms with Gasteiger partial charge in [-0.1, -0.05) is 11.6 Å². The van der Waals surface area contributed by atoms with Crippen molar-refractivity contribution in [3.63, 3.8) is 0 Å². The number of pyridine rings is 1. The van der Waals surface area contributed by atoms with Crippen LogP contribution in [0.25, 0.3) is 11.1 Å². The number of ketones is 1. The fourth-order valence-corrected chi connectivity index (χ4v) is 2.40. The number of nitrogens with zero attached hydrogens (tertiary/aromatic N) is 1. The van der Waals surface area contributed by atoms with Crippen LogP contribution in [0.2, 0.25) is 5.02 Å². The van der Waals surface area contributed by atoms with Crippen LogP contribution in [-0.4, -0.2) is 10.8 Å². The molecule has 0 aliphatic rings. The van der Waals surface area contributed by atoms with Crippen molar-refractivity contribution < 1.29 is 4.79 Å². The molecule has 0 aliphatic heterocycles. The smallest absolute Gasteiger partial charge is 0.160 e. The summed E-state index contributed by atoms with van der Waals surface area (Å²) in [5.74, 6) is 0.0321. The Morgan fingerprint density at radius 3 is 2.33 bits per heavy atom. The first kappa shape index (κ1) is 12.8. The van der Waals surface area contributed by atoms with Crippen molar-refractivity contribution in [2.75, 3.05) is 0 Å². The maximum absolute atomic E-state index is 11.6. The van der Waals surface area contributed by atoms with E-state index in [2.05, 4.69) is 4.98 Å². The second-order valence-electron chi connectivity index (χ2n) is 4.32. The first-order valence-electron chi connectivity index (χ1n) is 5.73. The maximum Gasteiger partial charge on any atom is 0.160 e. The van der Waals surface area contributed by atoms with Gasteiger partial charge in [-0.05, 0) is 61.2 Å². The van der Waals surface area contributed by atoms with Gasteiger partial charge in [0.25, 0.3) is 0 Å². The van der Waals surface area contributed by atoms with Crippen LogP contribution in [0.5, 0.6) is 0 Å². The van der Waals surface area contributed by atoms with E-state index in [4.69, 9.17) is 11.6 Å². The van der Waals surface area contributed by atoms with Crippen molar-refractivity contribution in [1.29, 1.82) is 0 Å². The summed E-state index contributed by atoms with van der Waals surface area (Å²) in [7, 11) is 0. The van der Waals surface area contributed by atoms with E-state index in [0.717, 1.165) is 22.3 Å². The summed E-state index contributed by atoms with van der Waals surface area (Å²) in [6.45, 7) is 5.48. The lowest BCUT2D eigenvalue weighted by Gasteiger charge is -2.14. The molecule has 0 spiro atoms. The summed E-state index contributed by atoms with van der Waals surface area (Å²) >= 11 is 6.22. The third-order valence-electron chi connectivity index (χ3n) is 3.13. The van der Waals surface area contributed by atoms with Gasteiger partial charge in [-0.15, -0.1) is 0 Å². The van der Waals surface area contributed by atoms with E-state index in [1.807, 2.05) is 26.0 Å². The van der Waals surface area contributed by atoms with Crippen LogP contribution in [0.1, 0.15) is 28.4 Å². The summed E-state index contributed by atoms with van der Waals surface area (Å²) in [5.41, 5.74) is 4.69. The third-order valence-corrected chi connectivity index (χ3v) is 3.52. The molecule has 0 aliphatic carbocycles. The summed E-state index contributed by atoms with van der Waals surface area (Å²) in [4.78, 5) is 15.7. The monoisotopic (exact) mass is 259 g/mol. The maximum atomic E-state index is 11.6. The van der Waals surface area contributed by atoms with Crippen molar-refractivity contribution in [3.8, 4) is 11.1 Å². The van der Waals surface area contributed by atoms with Crippen LogP contribution in [0.4, 0.5) is 0 Å². The van der Waals surface area contributed by atoms with Gasteiger partial charge in [0.2, 0.25) is 0 Å². The van der Waals surface area contributed by atoms with Gasteiger partial charge >= 0.3 is 0 Å². The predicted octanol–water partition coefficient (Wildman–Crippen LogP) is 4.22. The van der Waals surface area contributed by atoms with Gasteiger partial charge in [-0.3, -0.25) is 9.78 Å². The van der Waals surface area contributed by atoms with Crippen LogP contribution in [0, 0.1) is 13.8 Å². The minimum absolute atomic E-state index is 0.0321. The van der Waals surface area contributed by atoms with Gasteiger partial charge < -0.3 is 0 Å². The van der Waals surface area contributed by atoms with Crippen molar-refractivity contribution in [3.05, 3.63) is 52.3 Å². The Bertz CT molecular complexity index is 606. The Labute approximate surface area is 112 Å². The average molecular weight is 260 g/mol. The fraction of sp³-hybridized carbons (Fsp3) is 0.200. The van der Waals surface area contributed by atoms with Gasteiger partial charge in [0.05, 0.1) is 0 Å². The quantitative estimate of drug-likeness (QED) is 0.756. The van der Waals surface area contributed by atoms with Gasteiger partial charge in [-0.2, -0.15) is 0 Å². The largest absolute Gasteiger partial charge is 0.294 e. The molecule has 0 fully saturated rings. The molecule has 0 amide bonds. The van der Waals surface area contributed by atoms with Gasteiger partial charge in [0.1, 0.15) is 0 Å². The number of hydrogen-bond acceptors (Lipinski definition) is 2. The molecular weight excluding hydrogens is 246 g/mol. The summed E-state index contributed by atoms with van der Waals surface area (Å²) < 4.78 is 0. The highest BCUT2D eigenvalue weighted by Crippen LogP contribution is 2.34. The molecule has 0 bridgehead atoms. The second-order valence-corrected chi connectivity index (χ2v) is 4.73. The van der Waals surface area contributed by atoms with Crippen LogP contribution in [0.15, 0.2) is 30.6 Å². The number of carbonyl (C=O) groups excluding carboxylic acids is 1. The average Bonchev–Trinajstić information content (AvgIpc) is 2.35. The molecule has 2 rings (SSSR count). The number of hydrogen-bond donors (Lipinski definition) is 0. The van der Waals surface area contributed by atoms with E-state index in [9.17, 15) is 4.79 Å². The van der Waals surface area contributed by atoms with Crippen LogP contribution in [0.3, 0.4) is 0 Å². The normalized spacial score (nSPS) is 10.4. The summed E-state index contributed by atoms with van der Waals surface area (Å²) in [6, 6.07) is 5.60. The molecule has 0 radical (unpaired) electrons. The lowest BCUT2D eigenvalue weighted by atomic mass is 9.91. The molecule has 0 saturated carbocycles. The Morgan fingerprint density at radius 1 is 1.17 bits per heavy atom. The zero-order valence-electron chi connectivity index (χ0n) is 10.6. The number of halogens is 1. The molecule has 1 aromatic carbocycles. The second kappa shape index (κ2) is 4.91. The number of carbonyl (C=O) groups is 1. The zero-order valence-corrected chi connectivity index (χ0v) is 11.4. The van der Waals surface area contributed by atoms with Crippen molar-refractivity contribution >= 4 is 17.4 Å². The molecular formula is C15H14ClNO. The Balaban J connectivity index is 2.78. The molecule has 0 unspecified atom stereocenters. The highest BCUT2D eigenvalue weighted by Gasteiger charge is 2.15. The van der Waals surface area contributed by atoms with Gasteiger partial charge in [0, 0.05) is 23.0 Å². The lowest BCUT2D eigenvalue weighted by Crippen LogP contribution is -2.01.